The van der Waals surface area contributed by atoms with Gasteiger partial charge in [-0.15, -0.1) is 0 Å². The Labute approximate surface area is 209 Å². The molecule has 168 valence electrons. The van der Waals surface area contributed by atoms with Crippen LogP contribution >= 0.6 is 31.9 Å². The Morgan fingerprint density at radius 3 is 2.00 bits per heavy atom. The highest BCUT2D eigenvalue weighted by molar-refractivity contribution is 9.11. The van der Waals surface area contributed by atoms with Crippen molar-refractivity contribution in [2.75, 3.05) is 5.32 Å². The van der Waals surface area contributed by atoms with Gasteiger partial charge in [-0.25, -0.2) is 0 Å². The number of anilines is 1. The van der Waals surface area contributed by atoms with E-state index in [9.17, 15) is 18.5 Å². The average molecular weight is 590 g/mol. The van der Waals surface area contributed by atoms with Crippen LogP contribution in [0.3, 0.4) is 0 Å². The lowest BCUT2D eigenvalue weighted by Crippen LogP contribution is -2.13. The van der Waals surface area contributed by atoms with Crippen molar-refractivity contribution in [1.82, 2.24) is 0 Å². The molecule has 0 aliphatic carbocycles. The van der Waals surface area contributed by atoms with Crippen LogP contribution in [-0.4, -0.2) is 14.3 Å². The van der Waals surface area contributed by atoms with Crippen LogP contribution in [0.25, 0.3) is 6.08 Å². The lowest BCUT2D eigenvalue weighted by Gasteiger charge is -2.12. The molecule has 1 N–H and O–H groups in total. The maximum Gasteiger partial charge on any atom is 0.339 e. The summed E-state index contributed by atoms with van der Waals surface area (Å²) in [4.78, 5) is 12.5. The number of amides is 1. The number of aryl methyl sites for hydroxylation is 2. The summed E-state index contributed by atoms with van der Waals surface area (Å²) in [5.74, 6) is -0.508. The van der Waals surface area contributed by atoms with E-state index in [1.165, 1.54) is 18.2 Å². The highest BCUT2D eigenvalue weighted by Crippen LogP contribution is 2.37. The molecule has 0 bridgehead atoms. The smallest absolute Gasteiger partial charge is 0.339 e. The summed E-state index contributed by atoms with van der Waals surface area (Å²) in [6.45, 7) is 3.79. The molecular formula is C24H18Br2N2O4S. The molecule has 0 saturated heterocycles. The molecule has 0 aliphatic heterocycles. The fourth-order valence-electron chi connectivity index (χ4n) is 2.76. The molecule has 1 amide bonds. The van der Waals surface area contributed by atoms with E-state index in [-0.39, 0.29) is 16.2 Å². The van der Waals surface area contributed by atoms with Gasteiger partial charge >= 0.3 is 10.1 Å². The monoisotopic (exact) mass is 588 g/mol. The molecule has 0 aromatic heterocycles. The quantitative estimate of drug-likeness (QED) is 0.211. The van der Waals surface area contributed by atoms with Crippen LogP contribution < -0.4 is 9.50 Å². The van der Waals surface area contributed by atoms with E-state index in [4.69, 9.17) is 4.18 Å². The topological polar surface area (TPSA) is 96.3 Å². The number of benzene rings is 3. The van der Waals surface area contributed by atoms with Gasteiger partial charge in [0.1, 0.15) is 16.5 Å². The van der Waals surface area contributed by atoms with Gasteiger partial charge in [0.05, 0.1) is 8.95 Å². The molecule has 0 radical (unpaired) electrons. The van der Waals surface area contributed by atoms with Crippen molar-refractivity contribution < 1.29 is 17.4 Å². The molecule has 3 rings (SSSR count). The maximum absolute atomic E-state index is 12.6. The van der Waals surface area contributed by atoms with Gasteiger partial charge in [0.15, 0.2) is 5.75 Å². The maximum atomic E-state index is 12.6. The van der Waals surface area contributed by atoms with Crippen molar-refractivity contribution in [3.05, 3.63) is 91.9 Å². The Kier molecular flexibility index (Phi) is 7.74. The fourth-order valence-corrected chi connectivity index (χ4v) is 5.32. The molecule has 0 spiro atoms. The van der Waals surface area contributed by atoms with Crippen molar-refractivity contribution in [2.45, 2.75) is 18.7 Å². The molecule has 0 heterocycles. The second kappa shape index (κ2) is 10.3. The lowest BCUT2D eigenvalue weighted by atomic mass is 10.1. The van der Waals surface area contributed by atoms with Crippen molar-refractivity contribution in [2.24, 2.45) is 0 Å². The van der Waals surface area contributed by atoms with Crippen molar-refractivity contribution in [1.29, 1.82) is 5.26 Å². The first-order valence-electron chi connectivity index (χ1n) is 9.59. The fraction of sp³-hybridized carbons (Fsp3) is 0.0833. The molecule has 6 nitrogen and oxygen atoms in total. The third-order valence-corrected chi connectivity index (χ3v) is 6.92. The van der Waals surface area contributed by atoms with Gasteiger partial charge in [0.25, 0.3) is 5.91 Å². The third kappa shape index (κ3) is 6.32. The normalized spacial score (nSPS) is 11.5. The third-order valence-electron chi connectivity index (χ3n) is 4.51. The molecule has 3 aromatic rings. The number of nitrogens with zero attached hydrogens (tertiary/aromatic N) is 1. The molecular weight excluding hydrogens is 572 g/mol. The molecule has 9 heteroatoms. The largest absolute Gasteiger partial charge is 0.377 e. The van der Waals surface area contributed by atoms with Gasteiger partial charge in [-0.1, -0.05) is 35.4 Å². The highest BCUT2D eigenvalue weighted by Gasteiger charge is 2.21. The van der Waals surface area contributed by atoms with Crippen LogP contribution in [0.2, 0.25) is 0 Å². The summed E-state index contributed by atoms with van der Waals surface area (Å²) in [6, 6.07) is 18.5. The summed E-state index contributed by atoms with van der Waals surface area (Å²) >= 11 is 6.62. The standard InChI is InChI=1S/C24H18Br2N2O4S/c1-15-3-7-19(8-4-15)28-24(29)18(14-27)11-17-12-21(25)23(22(26)13-17)32-33(30,31)20-9-5-16(2)6-10-20/h3-13H,1-2H3,(H,28,29)/b18-11-. The van der Waals surface area contributed by atoms with Crippen LogP contribution in [0, 0.1) is 25.2 Å². The van der Waals surface area contributed by atoms with Crippen molar-refractivity contribution >= 4 is 59.6 Å². The average Bonchev–Trinajstić information content (AvgIpc) is 2.76. The van der Waals surface area contributed by atoms with E-state index in [1.807, 2.05) is 32.0 Å². The number of hydrogen-bond donors (Lipinski definition) is 1. The molecule has 0 aliphatic rings. The van der Waals surface area contributed by atoms with E-state index in [1.54, 1.807) is 36.4 Å². The first-order chi connectivity index (χ1) is 15.6. The summed E-state index contributed by atoms with van der Waals surface area (Å²) in [5, 5.41) is 12.1. The minimum Gasteiger partial charge on any atom is -0.377 e. The lowest BCUT2D eigenvalue weighted by molar-refractivity contribution is -0.112. The Bertz CT molecular complexity index is 1350. The minimum absolute atomic E-state index is 0.0235. The number of hydrogen-bond acceptors (Lipinski definition) is 5. The van der Waals surface area contributed by atoms with Gasteiger partial charge in [0, 0.05) is 5.69 Å². The summed E-state index contributed by atoms with van der Waals surface area (Å²) in [6.07, 6.45) is 1.40. The highest BCUT2D eigenvalue weighted by atomic mass is 79.9. The van der Waals surface area contributed by atoms with Crippen molar-refractivity contribution in [3.8, 4) is 11.8 Å². The SMILES string of the molecule is Cc1ccc(NC(=O)/C(C#N)=C\c2cc(Br)c(OS(=O)(=O)c3ccc(C)cc3)c(Br)c2)cc1. The van der Waals surface area contributed by atoms with E-state index < -0.39 is 16.0 Å². The number of rotatable bonds is 6. The van der Waals surface area contributed by atoms with E-state index in [0.717, 1.165) is 11.1 Å². The number of halogens is 2. The predicted octanol–water partition coefficient (Wildman–Crippen LogP) is 6.14. The number of carbonyl (C=O) groups excluding carboxylic acids is 1. The Morgan fingerprint density at radius 2 is 1.48 bits per heavy atom. The second-order valence-electron chi connectivity index (χ2n) is 7.15. The van der Waals surface area contributed by atoms with Gasteiger partial charge in [-0.05, 0) is 93.7 Å². The first kappa shape index (κ1) is 24.7. The van der Waals surface area contributed by atoms with Gasteiger partial charge in [0.2, 0.25) is 0 Å². The molecule has 0 unspecified atom stereocenters. The predicted molar refractivity (Wildman–Crippen MR) is 134 cm³/mol. The summed E-state index contributed by atoms with van der Waals surface area (Å²) < 4.78 is 31.3. The van der Waals surface area contributed by atoms with Gasteiger partial charge in [-0.2, -0.15) is 13.7 Å². The van der Waals surface area contributed by atoms with E-state index >= 15 is 0 Å². The van der Waals surface area contributed by atoms with E-state index in [2.05, 4.69) is 37.2 Å². The molecule has 33 heavy (non-hydrogen) atoms. The van der Waals surface area contributed by atoms with Crippen LogP contribution in [0.15, 0.2) is 80.1 Å². The van der Waals surface area contributed by atoms with Crippen LogP contribution in [-0.2, 0) is 14.9 Å². The van der Waals surface area contributed by atoms with Crippen LogP contribution in [0.4, 0.5) is 5.69 Å². The number of nitriles is 1. The summed E-state index contributed by atoms with van der Waals surface area (Å²) in [5.41, 5.74) is 2.91. The minimum atomic E-state index is -4.06. The van der Waals surface area contributed by atoms with Crippen molar-refractivity contribution in [3.63, 3.8) is 0 Å². The van der Waals surface area contributed by atoms with Crippen LogP contribution in [0.5, 0.6) is 5.75 Å². The molecule has 0 saturated carbocycles. The molecule has 0 fully saturated rings. The zero-order valence-electron chi connectivity index (χ0n) is 17.6. The second-order valence-corrected chi connectivity index (χ2v) is 10.4. The first-order valence-corrected chi connectivity index (χ1v) is 12.6. The Hall–Kier alpha value is -2.93. The van der Waals surface area contributed by atoms with Gasteiger partial charge < -0.3 is 9.50 Å². The van der Waals surface area contributed by atoms with Crippen LogP contribution in [0.1, 0.15) is 16.7 Å². The summed E-state index contributed by atoms with van der Waals surface area (Å²) in [7, 11) is -4.06. The zero-order chi connectivity index (χ0) is 24.2. The Balaban J connectivity index is 1.85. The number of carbonyl (C=O) groups is 1. The van der Waals surface area contributed by atoms with Gasteiger partial charge in [-0.3, -0.25) is 4.79 Å². The number of nitrogens with one attached hydrogen (secondary N) is 1. The zero-order valence-corrected chi connectivity index (χ0v) is 21.6. The Morgan fingerprint density at radius 1 is 0.970 bits per heavy atom. The van der Waals surface area contributed by atoms with E-state index in [0.29, 0.717) is 20.2 Å². The molecule has 0 atom stereocenters. The molecule has 3 aromatic carbocycles.